The first-order chi connectivity index (χ1) is 15.8. The van der Waals surface area contributed by atoms with Crippen LogP contribution in [-0.2, 0) is 16.0 Å². The Kier molecular flexibility index (Phi) is 7.67. The number of nitro benzene ring substituents is 1. The number of nitrogens with one attached hydrogen (secondary N) is 1. The Morgan fingerprint density at radius 1 is 1.12 bits per heavy atom. The van der Waals surface area contributed by atoms with Gasteiger partial charge >= 0.3 is 0 Å². The van der Waals surface area contributed by atoms with Gasteiger partial charge in [0, 0.05) is 25.2 Å². The van der Waals surface area contributed by atoms with Crippen LogP contribution >= 0.6 is 11.8 Å². The molecule has 1 aliphatic rings. The van der Waals surface area contributed by atoms with Gasteiger partial charge in [0.05, 0.1) is 30.5 Å². The lowest BCUT2D eigenvalue weighted by molar-refractivity contribution is -0.384. The van der Waals surface area contributed by atoms with Crippen molar-refractivity contribution in [3.05, 3.63) is 68.6 Å². The number of hydrogen-bond donors (Lipinski definition) is 1. The maximum Gasteiger partial charge on any atom is 0.293 e. The second kappa shape index (κ2) is 10.6. The molecule has 2 aromatic carbocycles. The highest BCUT2D eigenvalue weighted by Crippen LogP contribution is 2.32. The molecular weight excluding hydrogens is 450 g/mol. The largest absolute Gasteiger partial charge is 0.493 e. The van der Waals surface area contributed by atoms with Crippen LogP contribution < -0.4 is 14.8 Å². The number of carbonyl (C=O) groups excluding carboxylic acids is 3. The van der Waals surface area contributed by atoms with E-state index in [0.717, 1.165) is 22.2 Å². The molecule has 0 radical (unpaired) electrons. The predicted molar refractivity (Wildman–Crippen MR) is 122 cm³/mol. The summed E-state index contributed by atoms with van der Waals surface area (Å²) in [5, 5.41) is 13.0. The molecule has 1 fully saturated rings. The summed E-state index contributed by atoms with van der Waals surface area (Å²) in [6.45, 7) is 0.134. The van der Waals surface area contributed by atoms with Gasteiger partial charge in [-0.05, 0) is 53.2 Å². The van der Waals surface area contributed by atoms with E-state index in [1.54, 1.807) is 18.2 Å². The Balaban J connectivity index is 1.54. The molecule has 2 aromatic rings. The molecule has 0 unspecified atom stereocenters. The molecule has 3 amide bonds. The molecule has 10 nitrogen and oxygen atoms in total. The van der Waals surface area contributed by atoms with Crippen LogP contribution in [0.4, 0.5) is 10.5 Å². The predicted octanol–water partition coefficient (Wildman–Crippen LogP) is 3.01. The summed E-state index contributed by atoms with van der Waals surface area (Å²) in [5.74, 6) is 0.330. The average Bonchev–Trinajstić information content (AvgIpc) is 3.06. The summed E-state index contributed by atoms with van der Waals surface area (Å²) < 4.78 is 10.4. The molecule has 3 rings (SSSR count). The van der Waals surface area contributed by atoms with Gasteiger partial charge in [0.15, 0.2) is 11.5 Å². The third-order valence-corrected chi connectivity index (χ3v) is 5.65. The highest BCUT2D eigenvalue weighted by atomic mass is 32.2. The van der Waals surface area contributed by atoms with Crippen LogP contribution in [0.15, 0.2) is 47.4 Å². The minimum atomic E-state index is -0.517. The molecule has 0 saturated carbocycles. The van der Waals surface area contributed by atoms with E-state index in [-0.39, 0.29) is 36.0 Å². The fraction of sp³-hybridized carbons (Fsp3) is 0.227. The number of amides is 3. The number of nitrogens with zero attached hydrogens (tertiary/aromatic N) is 2. The summed E-state index contributed by atoms with van der Waals surface area (Å²) in [4.78, 5) is 48.5. The smallest absolute Gasteiger partial charge is 0.293 e. The number of imide groups is 1. The zero-order valence-electron chi connectivity index (χ0n) is 17.9. The van der Waals surface area contributed by atoms with E-state index in [9.17, 15) is 24.5 Å². The van der Waals surface area contributed by atoms with E-state index in [1.165, 1.54) is 44.6 Å². The van der Waals surface area contributed by atoms with Crippen LogP contribution in [-0.4, -0.2) is 54.2 Å². The Morgan fingerprint density at radius 3 is 2.45 bits per heavy atom. The number of methoxy groups -OCH3 is 2. The number of non-ortho nitro benzene ring substituents is 1. The minimum absolute atomic E-state index is 0.0277. The molecule has 0 aromatic heterocycles. The van der Waals surface area contributed by atoms with E-state index in [1.807, 2.05) is 0 Å². The van der Waals surface area contributed by atoms with E-state index in [2.05, 4.69) is 5.32 Å². The van der Waals surface area contributed by atoms with Gasteiger partial charge < -0.3 is 14.8 Å². The topological polar surface area (TPSA) is 128 Å². The summed E-state index contributed by atoms with van der Waals surface area (Å²) in [5.41, 5.74) is 1.22. The zero-order chi connectivity index (χ0) is 24.0. The fourth-order valence-corrected chi connectivity index (χ4v) is 3.95. The van der Waals surface area contributed by atoms with Crippen LogP contribution in [0, 0.1) is 10.1 Å². The first-order valence-electron chi connectivity index (χ1n) is 9.79. The lowest BCUT2D eigenvalue weighted by Crippen LogP contribution is -2.37. The first-order valence-corrected chi connectivity index (χ1v) is 10.6. The molecule has 1 saturated heterocycles. The summed E-state index contributed by atoms with van der Waals surface area (Å²) in [7, 11) is 3.03. The highest BCUT2D eigenvalue weighted by Gasteiger charge is 2.34. The fourth-order valence-electron chi connectivity index (χ4n) is 3.08. The molecule has 11 heteroatoms. The van der Waals surface area contributed by atoms with Gasteiger partial charge in [-0.1, -0.05) is 6.07 Å². The van der Waals surface area contributed by atoms with Crippen LogP contribution in [0.1, 0.15) is 11.1 Å². The number of ether oxygens (including phenoxy) is 2. The van der Waals surface area contributed by atoms with Gasteiger partial charge in [-0.2, -0.15) is 0 Å². The Hall–Kier alpha value is -3.86. The van der Waals surface area contributed by atoms with Crippen LogP contribution in [0.2, 0.25) is 0 Å². The third-order valence-electron chi connectivity index (χ3n) is 4.75. The van der Waals surface area contributed by atoms with Gasteiger partial charge in [0.1, 0.15) is 0 Å². The third kappa shape index (κ3) is 5.89. The van der Waals surface area contributed by atoms with Gasteiger partial charge in [-0.3, -0.25) is 29.4 Å². The number of thioether (sulfide) groups is 1. The molecule has 1 heterocycles. The molecule has 0 atom stereocenters. The van der Waals surface area contributed by atoms with E-state index < -0.39 is 16.1 Å². The lowest BCUT2D eigenvalue weighted by atomic mass is 10.1. The summed E-state index contributed by atoms with van der Waals surface area (Å²) in [6, 6.07) is 10.8. The van der Waals surface area contributed by atoms with Crippen molar-refractivity contribution < 1.29 is 28.8 Å². The Labute approximate surface area is 193 Å². The van der Waals surface area contributed by atoms with Crippen molar-refractivity contribution in [2.24, 2.45) is 0 Å². The maximum absolute atomic E-state index is 12.6. The Morgan fingerprint density at radius 2 is 1.82 bits per heavy atom. The molecule has 33 heavy (non-hydrogen) atoms. The molecule has 0 bridgehead atoms. The van der Waals surface area contributed by atoms with Crippen molar-refractivity contribution >= 4 is 40.6 Å². The van der Waals surface area contributed by atoms with E-state index in [4.69, 9.17) is 9.47 Å². The van der Waals surface area contributed by atoms with Crippen LogP contribution in [0.5, 0.6) is 11.5 Å². The second-order valence-corrected chi connectivity index (χ2v) is 7.89. The van der Waals surface area contributed by atoms with Gasteiger partial charge in [0.25, 0.3) is 16.8 Å². The van der Waals surface area contributed by atoms with E-state index >= 15 is 0 Å². The first kappa shape index (κ1) is 23.8. The minimum Gasteiger partial charge on any atom is -0.493 e. The van der Waals surface area contributed by atoms with Gasteiger partial charge in [-0.25, -0.2) is 0 Å². The highest BCUT2D eigenvalue weighted by molar-refractivity contribution is 8.18. The molecule has 0 aliphatic carbocycles. The number of carbonyl (C=O) groups is 3. The number of benzene rings is 2. The normalized spacial score (nSPS) is 14.5. The molecular formula is C22H21N3O7S. The van der Waals surface area contributed by atoms with Crippen molar-refractivity contribution in [3.8, 4) is 11.5 Å². The van der Waals surface area contributed by atoms with Crippen molar-refractivity contribution in [1.29, 1.82) is 0 Å². The average molecular weight is 471 g/mol. The monoisotopic (exact) mass is 471 g/mol. The summed E-state index contributed by atoms with van der Waals surface area (Å²) >= 11 is 0.782. The molecule has 172 valence electrons. The zero-order valence-corrected chi connectivity index (χ0v) is 18.7. The Bertz CT molecular complexity index is 1120. The quantitative estimate of drug-likeness (QED) is 0.336. The van der Waals surface area contributed by atoms with Gasteiger partial charge in [0.2, 0.25) is 5.91 Å². The number of nitro groups is 1. The molecule has 1 N–H and O–H groups in total. The van der Waals surface area contributed by atoms with Crippen molar-refractivity contribution in [3.63, 3.8) is 0 Å². The van der Waals surface area contributed by atoms with Crippen molar-refractivity contribution in [2.75, 3.05) is 27.3 Å². The van der Waals surface area contributed by atoms with Crippen LogP contribution in [0.3, 0.4) is 0 Å². The van der Waals surface area contributed by atoms with E-state index in [0.29, 0.717) is 17.1 Å². The number of hydrogen-bond acceptors (Lipinski definition) is 8. The maximum atomic E-state index is 12.6. The lowest BCUT2D eigenvalue weighted by Gasteiger charge is -2.13. The summed E-state index contributed by atoms with van der Waals surface area (Å²) in [6.07, 6.45) is 1.60. The standard InChI is InChI=1S/C22H21N3O7S/c1-31-17-8-5-15(11-18(17)32-2)13-20(26)23-9-10-24-21(27)19(33-22(24)28)12-14-3-6-16(7-4-14)25(29)30/h3-8,11-12H,9-10,13H2,1-2H3,(H,23,26)/b19-12+. The van der Waals surface area contributed by atoms with Crippen LogP contribution in [0.25, 0.3) is 6.08 Å². The SMILES string of the molecule is COc1ccc(CC(=O)NCCN2C(=O)S/C(=C/c3ccc([N+](=O)[O-])cc3)C2=O)cc1OC. The van der Waals surface area contributed by atoms with Crippen molar-refractivity contribution in [1.82, 2.24) is 10.2 Å². The second-order valence-electron chi connectivity index (χ2n) is 6.90. The molecule has 1 aliphatic heterocycles. The number of rotatable bonds is 9. The van der Waals surface area contributed by atoms with Gasteiger partial charge in [-0.15, -0.1) is 0 Å². The molecule has 0 spiro atoms. The van der Waals surface area contributed by atoms with Crippen molar-refractivity contribution in [2.45, 2.75) is 6.42 Å².